The normalized spacial score (nSPS) is 11.0. The van der Waals surface area contributed by atoms with Gasteiger partial charge in [0.2, 0.25) is 0 Å². The monoisotopic (exact) mass is 363 g/mol. The average molecular weight is 365 g/mol. The molecule has 106 valence electrons. The lowest BCUT2D eigenvalue weighted by Crippen LogP contribution is -2.22. The molecule has 0 aliphatic heterocycles. The van der Waals surface area contributed by atoms with E-state index in [1.54, 1.807) is 22.9 Å². The van der Waals surface area contributed by atoms with E-state index in [9.17, 15) is 4.79 Å². The first-order valence-corrected chi connectivity index (χ1v) is 7.58. The van der Waals surface area contributed by atoms with Crippen LogP contribution in [-0.2, 0) is 6.54 Å². The number of fused-ring (bicyclic) bond motifs is 1. The topological polar surface area (TPSA) is 47.8 Å². The molecule has 0 bridgehead atoms. The number of hydrogen-bond donors (Lipinski definition) is 0. The van der Waals surface area contributed by atoms with Crippen LogP contribution >= 0.6 is 27.5 Å². The van der Waals surface area contributed by atoms with E-state index >= 15 is 0 Å². The van der Waals surface area contributed by atoms with Crippen LogP contribution in [0.25, 0.3) is 22.2 Å². The van der Waals surface area contributed by atoms with Crippen molar-refractivity contribution in [1.82, 2.24) is 14.5 Å². The minimum Gasteiger partial charge on any atom is -0.292 e. The summed E-state index contributed by atoms with van der Waals surface area (Å²) < 4.78 is 2.50. The molecule has 0 N–H and O–H groups in total. The van der Waals surface area contributed by atoms with Gasteiger partial charge in [-0.25, -0.2) is 9.97 Å². The van der Waals surface area contributed by atoms with Gasteiger partial charge < -0.3 is 0 Å². The van der Waals surface area contributed by atoms with Crippen LogP contribution in [0, 0.1) is 0 Å². The number of rotatable bonds is 2. The van der Waals surface area contributed by atoms with Crippen molar-refractivity contribution >= 4 is 38.6 Å². The Labute approximate surface area is 134 Å². The van der Waals surface area contributed by atoms with E-state index in [2.05, 4.69) is 25.9 Å². The quantitative estimate of drug-likeness (QED) is 0.693. The highest BCUT2D eigenvalue weighted by Crippen LogP contribution is 2.29. The molecule has 1 aromatic carbocycles. The van der Waals surface area contributed by atoms with Gasteiger partial charge in [-0.05, 0) is 25.1 Å². The first kappa shape index (κ1) is 14.2. The molecule has 0 amide bonds. The average Bonchev–Trinajstić information content (AvgIpc) is 2.47. The van der Waals surface area contributed by atoms with Gasteiger partial charge in [-0.15, -0.1) is 0 Å². The van der Waals surface area contributed by atoms with Gasteiger partial charge in [0.25, 0.3) is 5.56 Å². The van der Waals surface area contributed by atoms with Gasteiger partial charge in [-0.3, -0.25) is 9.36 Å². The number of pyridine rings is 1. The highest BCUT2D eigenvalue weighted by atomic mass is 79.9. The van der Waals surface area contributed by atoms with E-state index in [4.69, 9.17) is 11.6 Å². The van der Waals surface area contributed by atoms with Crippen LogP contribution in [-0.4, -0.2) is 14.5 Å². The van der Waals surface area contributed by atoms with Gasteiger partial charge in [-0.2, -0.15) is 0 Å². The van der Waals surface area contributed by atoms with Crippen molar-refractivity contribution in [3.05, 3.63) is 56.6 Å². The van der Waals surface area contributed by atoms with Crippen molar-refractivity contribution < 1.29 is 0 Å². The standard InChI is InChI=1S/C15H11BrClN3O/c1-2-20-14-9(7-18-8-19-14)5-12(15(20)21)11-4-3-10(16)6-13(11)17/h3-8H,2H2,1H3. The zero-order valence-electron chi connectivity index (χ0n) is 11.2. The minimum atomic E-state index is -0.104. The summed E-state index contributed by atoms with van der Waals surface area (Å²) in [4.78, 5) is 20.9. The molecule has 0 aliphatic rings. The van der Waals surface area contributed by atoms with Crippen LogP contribution in [0.2, 0.25) is 5.02 Å². The summed E-state index contributed by atoms with van der Waals surface area (Å²) in [6.07, 6.45) is 3.14. The smallest absolute Gasteiger partial charge is 0.260 e. The van der Waals surface area contributed by atoms with E-state index in [1.807, 2.05) is 19.1 Å². The minimum absolute atomic E-state index is 0.104. The third-order valence-electron chi connectivity index (χ3n) is 3.29. The zero-order chi connectivity index (χ0) is 15.0. The summed E-state index contributed by atoms with van der Waals surface area (Å²) in [7, 11) is 0. The van der Waals surface area contributed by atoms with Crippen LogP contribution in [0.5, 0.6) is 0 Å². The van der Waals surface area contributed by atoms with Crippen LogP contribution in [0.1, 0.15) is 6.92 Å². The number of nitrogens with zero attached hydrogens (tertiary/aromatic N) is 3. The Bertz CT molecular complexity index is 892. The van der Waals surface area contributed by atoms with E-state index in [0.29, 0.717) is 28.3 Å². The summed E-state index contributed by atoms with van der Waals surface area (Å²) >= 11 is 9.64. The van der Waals surface area contributed by atoms with E-state index < -0.39 is 0 Å². The molecular weight excluding hydrogens is 354 g/mol. The summed E-state index contributed by atoms with van der Waals surface area (Å²) in [5.74, 6) is 0. The molecule has 0 aliphatic carbocycles. The molecule has 0 spiro atoms. The maximum atomic E-state index is 12.7. The second kappa shape index (κ2) is 5.58. The molecular formula is C15H11BrClN3O. The molecule has 2 heterocycles. The van der Waals surface area contributed by atoms with Crippen LogP contribution < -0.4 is 5.56 Å². The van der Waals surface area contributed by atoms with Gasteiger partial charge in [0.05, 0.1) is 0 Å². The first-order valence-electron chi connectivity index (χ1n) is 6.40. The Morgan fingerprint density at radius 2 is 2.10 bits per heavy atom. The van der Waals surface area contributed by atoms with Crippen molar-refractivity contribution in [3.63, 3.8) is 0 Å². The van der Waals surface area contributed by atoms with E-state index in [-0.39, 0.29) is 5.56 Å². The second-order valence-electron chi connectivity index (χ2n) is 4.53. The third kappa shape index (κ3) is 2.47. The summed E-state index contributed by atoms with van der Waals surface area (Å²) in [5, 5.41) is 1.34. The molecule has 6 heteroatoms. The van der Waals surface area contributed by atoms with Gasteiger partial charge in [0.15, 0.2) is 0 Å². The Morgan fingerprint density at radius 3 is 2.81 bits per heavy atom. The molecule has 4 nitrogen and oxygen atoms in total. The number of halogens is 2. The molecule has 0 saturated heterocycles. The van der Waals surface area contributed by atoms with Gasteiger partial charge in [0, 0.05) is 38.8 Å². The van der Waals surface area contributed by atoms with E-state index in [1.165, 1.54) is 6.33 Å². The van der Waals surface area contributed by atoms with Gasteiger partial charge in [0.1, 0.15) is 12.0 Å². The lowest BCUT2D eigenvalue weighted by Gasteiger charge is -2.11. The SMILES string of the molecule is CCn1c(=O)c(-c2ccc(Br)cc2Cl)cc2cncnc21. The number of hydrogen-bond acceptors (Lipinski definition) is 3. The Kier molecular flexibility index (Phi) is 3.78. The third-order valence-corrected chi connectivity index (χ3v) is 4.09. The van der Waals surface area contributed by atoms with Crippen molar-refractivity contribution in [2.75, 3.05) is 0 Å². The maximum Gasteiger partial charge on any atom is 0.260 e. The highest BCUT2D eigenvalue weighted by molar-refractivity contribution is 9.10. The van der Waals surface area contributed by atoms with E-state index in [0.717, 1.165) is 9.86 Å². The molecule has 21 heavy (non-hydrogen) atoms. The molecule has 0 radical (unpaired) electrons. The largest absolute Gasteiger partial charge is 0.292 e. The fourth-order valence-electron chi connectivity index (χ4n) is 2.31. The lowest BCUT2D eigenvalue weighted by atomic mass is 10.1. The maximum absolute atomic E-state index is 12.7. The van der Waals surface area contributed by atoms with Crippen LogP contribution in [0.3, 0.4) is 0 Å². The number of benzene rings is 1. The van der Waals surface area contributed by atoms with Crippen molar-refractivity contribution in [1.29, 1.82) is 0 Å². The Morgan fingerprint density at radius 1 is 1.29 bits per heavy atom. The fourth-order valence-corrected chi connectivity index (χ4v) is 3.09. The lowest BCUT2D eigenvalue weighted by molar-refractivity contribution is 0.750. The van der Waals surface area contributed by atoms with Crippen molar-refractivity contribution in [2.45, 2.75) is 13.5 Å². The molecule has 0 unspecified atom stereocenters. The predicted molar refractivity (Wildman–Crippen MR) is 87.6 cm³/mol. The molecule has 2 aromatic heterocycles. The van der Waals surface area contributed by atoms with Crippen molar-refractivity contribution in [3.8, 4) is 11.1 Å². The Hall–Kier alpha value is -1.72. The number of aryl methyl sites for hydroxylation is 1. The molecule has 0 fully saturated rings. The molecule has 3 aromatic rings. The summed E-state index contributed by atoms with van der Waals surface area (Å²) in [6.45, 7) is 2.45. The van der Waals surface area contributed by atoms with Gasteiger partial charge >= 0.3 is 0 Å². The second-order valence-corrected chi connectivity index (χ2v) is 5.86. The van der Waals surface area contributed by atoms with Crippen molar-refractivity contribution in [2.24, 2.45) is 0 Å². The zero-order valence-corrected chi connectivity index (χ0v) is 13.5. The van der Waals surface area contributed by atoms with Crippen LogP contribution in [0.4, 0.5) is 0 Å². The molecule has 0 atom stereocenters. The summed E-state index contributed by atoms with van der Waals surface area (Å²) in [6, 6.07) is 7.26. The molecule has 0 saturated carbocycles. The van der Waals surface area contributed by atoms with Crippen LogP contribution in [0.15, 0.2) is 46.1 Å². The summed E-state index contributed by atoms with van der Waals surface area (Å²) in [5.41, 5.74) is 1.79. The fraction of sp³-hybridized carbons (Fsp3) is 0.133. The predicted octanol–water partition coefficient (Wildman–Crippen LogP) is 3.89. The number of aromatic nitrogens is 3. The Balaban J connectivity index is 2.38. The first-order chi connectivity index (χ1) is 10.1. The van der Waals surface area contributed by atoms with Gasteiger partial charge in [-0.1, -0.05) is 33.6 Å². The molecule has 3 rings (SSSR count). The highest BCUT2D eigenvalue weighted by Gasteiger charge is 2.13.